The molecule has 2 amide bonds. The van der Waals surface area contributed by atoms with Crippen molar-refractivity contribution in [3.05, 3.63) is 53.6 Å². The van der Waals surface area contributed by atoms with Crippen molar-refractivity contribution in [1.82, 2.24) is 9.91 Å². The van der Waals surface area contributed by atoms with Gasteiger partial charge in [0, 0.05) is 37.2 Å². The minimum Gasteiger partial charge on any atom is -0.493 e. The zero-order valence-corrected chi connectivity index (χ0v) is 20.3. The van der Waals surface area contributed by atoms with Crippen LogP contribution in [0, 0.1) is 0 Å². The summed E-state index contributed by atoms with van der Waals surface area (Å²) in [4.78, 5) is 26.9. The second-order valence-corrected chi connectivity index (χ2v) is 8.43. The van der Waals surface area contributed by atoms with Crippen LogP contribution in [0.15, 0.2) is 47.6 Å². The summed E-state index contributed by atoms with van der Waals surface area (Å²) in [6.45, 7) is 6.01. The van der Waals surface area contributed by atoms with Crippen LogP contribution in [-0.4, -0.2) is 74.0 Å². The van der Waals surface area contributed by atoms with E-state index in [1.54, 1.807) is 7.11 Å². The van der Waals surface area contributed by atoms with Gasteiger partial charge >= 0.3 is 0 Å². The lowest BCUT2D eigenvalue weighted by Crippen LogP contribution is -2.41. The first-order chi connectivity index (χ1) is 17.1. The van der Waals surface area contributed by atoms with Gasteiger partial charge in [0.2, 0.25) is 11.8 Å². The Morgan fingerprint density at radius 1 is 1.09 bits per heavy atom. The van der Waals surface area contributed by atoms with E-state index >= 15 is 0 Å². The maximum Gasteiger partial charge on any atom is 0.243 e. The number of amides is 2. The maximum atomic E-state index is 12.6. The van der Waals surface area contributed by atoms with E-state index in [4.69, 9.17) is 14.2 Å². The van der Waals surface area contributed by atoms with Crippen LogP contribution in [0.3, 0.4) is 0 Å². The van der Waals surface area contributed by atoms with Gasteiger partial charge in [-0.1, -0.05) is 12.1 Å². The zero-order chi connectivity index (χ0) is 24.6. The molecule has 0 saturated carbocycles. The fourth-order valence-corrected chi connectivity index (χ4v) is 4.09. The van der Waals surface area contributed by atoms with Gasteiger partial charge in [-0.05, 0) is 42.8 Å². The SMILES string of the molecule is CCOc1cc(C2=NN(Cc3ccc(NC(=O)CN4CCOCC4)cc3)C(=O)CC2)ccc1OC. The van der Waals surface area contributed by atoms with E-state index < -0.39 is 0 Å². The molecule has 2 aromatic carbocycles. The molecule has 2 aliphatic rings. The number of hydrogen-bond acceptors (Lipinski definition) is 7. The van der Waals surface area contributed by atoms with Crippen molar-refractivity contribution >= 4 is 23.2 Å². The van der Waals surface area contributed by atoms with Gasteiger partial charge in [-0.15, -0.1) is 0 Å². The number of ether oxygens (including phenoxy) is 3. The topological polar surface area (TPSA) is 92.7 Å². The first-order valence-electron chi connectivity index (χ1n) is 11.9. The summed E-state index contributed by atoms with van der Waals surface area (Å²) >= 11 is 0. The molecule has 0 unspecified atom stereocenters. The lowest BCUT2D eigenvalue weighted by molar-refractivity contribution is -0.132. The molecule has 35 heavy (non-hydrogen) atoms. The monoisotopic (exact) mass is 480 g/mol. The van der Waals surface area contributed by atoms with Gasteiger partial charge in [-0.2, -0.15) is 5.10 Å². The third-order valence-corrected chi connectivity index (χ3v) is 5.94. The van der Waals surface area contributed by atoms with Gasteiger partial charge in [-0.25, -0.2) is 5.01 Å². The lowest BCUT2D eigenvalue weighted by Gasteiger charge is -2.25. The first kappa shape index (κ1) is 24.7. The Bertz CT molecular complexity index is 1060. The molecule has 2 aromatic rings. The molecule has 2 aliphatic heterocycles. The molecule has 2 heterocycles. The van der Waals surface area contributed by atoms with E-state index in [2.05, 4.69) is 15.3 Å². The van der Waals surface area contributed by atoms with Gasteiger partial charge in [0.25, 0.3) is 0 Å². The largest absolute Gasteiger partial charge is 0.493 e. The number of anilines is 1. The number of nitrogens with one attached hydrogen (secondary N) is 1. The number of methoxy groups -OCH3 is 1. The van der Waals surface area contributed by atoms with E-state index in [1.165, 1.54) is 5.01 Å². The maximum absolute atomic E-state index is 12.6. The van der Waals surface area contributed by atoms with Crippen molar-refractivity contribution in [3.8, 4) is 11.5 Å². The molecular weight excluding hydrogens is 448 g/mol. The van der Waals surface area contributed by atoms with Gasteiger partial charge in [0.15, 0.2) is 11.5 Å². The quantitative estimate of drug-likeness (QED) is 0.593. The summed E-state index contributed by atoms with van der Waals surface area (Å²) in [5, 5.41) is 9.08. The Labute approximate surface area is 205 Å². The second kappa shape index (κ2) is 11.8. The van der Waals surface area contributed by atoms with Gasteiger partial charge in [0.1, 0.15) is 0 Å². The van der Waals surface area contributed by atoms with Crippen molar-refractivity contribution < 1.29 is 23.8 Å². The third-order valence-electron chi connectivity index (χ3n) is 5.94. The van der Waals surface area contributed by atoms with Crippen molar-refractivity contribution in [1.29, 1.82) is 0 Å². The minimum atomic E-state index is -0.0500. The fourth-order valence-electron chi connectivity index (χ4n) is 4.09. The molecule has 0 aliphatic carbocycles. The fraction of sp³-hybridized carbons (Fsp3) is 0.423. The van der Waals surface area contributed by atoms with Crippen molar-refractivity contribution in [2.45, 2.75) is 26.3 Å². The molecule has 186 valence electrons. The van der Waals surface area contributed by atoms with Gasteiger partial charge in [0.05, 0.1) is 45.7 Å². The summed E-state index contributed by atoms with van der Waals surface area (Å²) in [7, 11) is 1.61. The standard InChI is InChI=1S/C26H32N4O5/c1-3-35-24-16-20(6-10-23(24)33-2)22-9-11-26(32)30(28-22)17-19-4-7-21(8-5-19)27-25(31)18-29-12-14-34-15-13-29/h4-8,10,16H,3,9,11-15,17-18H2,1-2H3,(H,27,31). The molecule has 1 fully saturated rings. The number of carbonyl (C=O) groups is 2. The molecule has 0 aromatic heterocycles. The van der Waals surface area contributed by atoms with E-state index in [-0.39, 0.29) is 11.8 Å². The van der Waals surface area contributed by atoms with Crippen LogP contribution in [0.25, 0.3) is 0 Å². The van der Waals surface area contributed by atoms with Gasteiger partial charge in [-0.3, -0.25) is 14.5 Å². The van der Waals surface area contributed by atoms with Crippen molar-refractivity contribution in [2.24, 2.45) is 5.10 Å². The minimum absolute atomic E-state index is 0.0183. The Hall–Kier alpha value is -3.43. The van der Waals surface area contributed by atoms with Crippen LogP contribution in [-0.2, 0) is 20.9 Å². The number of hydrogen-bond donors (Lipinski definition) is 1. The van der Waals surface area contributed by atoms with E-state index in [0.29, 0.717) is 57.3 Å². The Kier molecular flexibility index (Phi) is 8.33. The highest BCUT2D eigenvalue weighted by Crippen LogP contribution is 2.30. The molecule has 1 saturated heterocycles. The van der Waals surface area contributed by atoms with Crippen LogP contribution < -0.4 is 14.8 Å². The molecule has 9 nitrogen and oxygen atoms in total. The lowest BCUT2D eigenvalue weighted by atomic mass is 10.0. The predicted octanol–water partition coefficient (Wildman–Crippen LogP) is 2.89. The third kappa shape index (κ3) is 6.58. The number of morpholine rings is 1. The highest BCUT2D eigenvalue weighted by molar-refractivity contribution is 6.04. The van der Waals surface area contributed by atoms with Crippen LogP contribution in [0.2, 0.25) is 0 Å². The molecule has 9 heteroatoms. The molecule has 0 radical (unpaired) electrons. The van der Waals surface area contributed by atoms with Crippen LogP contribution >= 0.6 is 0 Å². The number of carbonyl (C=O) groups excluding carboxylic acids is 2. The smallest absolute Gasteiger partial charge is 0.243 e. The Morgan fingerprint density at radius 2 is 1.86 bits per heavy atom. The molecular formula is C26H32N4O5. The summed E-state index contributed by atoms with van der Waals surface area (Å²) in [5.41, 5.74) is 3.40. The van der Waals surface area contributed by atoms with Gasteiger partial charge < -0.3 is 19.5 Å². The van der Waals surface area contributed by atoms with Crippen LogP contribution in [0.1, 0.15) is 30.9 Å². The summed E-state index contributed by atoms with van der Waals surface area (Å²) in [5.74, 6) is 1.25. The number of hydrazone groups is 1. The van der Waals surface area contributed by atoms with E-state index in [0.717, 1.165) is 35.6 Å². The van der Waals surface area contributed by atoms with Crippen molar-refractivity contribution in [3.63, 3.8) is 0 Å². The second-order valence-electron chi connectivity index (χ2n) is 8.43. The molecule has 0 bridgehead atoms. The summed E-state index contributed by atoms with van der Waals surface area (Å²) < 4.78 is 16.4. The first-order valence-corrected chi connectivity index (χ1v) is 11.9. The normalized spacial score (nSPS) is 16.6. The number of rotatable bonds is 9. The van der Waals surface area contributed by atoms with Crippen molar-refractivity contribution in [2.75, 3.05) is 51.9 Å². The highest BCUT2D eigenvalue weighted by atomic mass is 16.5. The number of benzene rings is 2. The average Bonchev–Trinajstić information content (AvgIpc) is 2.87. The predicted molar refractivity (Wildman–Crippen MR) is 133 cm³/mol. The summed E-state index contributed by atoms with van der Waals surface area (Å²) in [6.07, 6.45) is 0.964. The molecule has 0 atom stereocenters. The van der Waals surface area contributed by atoms with Crippen LogP contribution in [0.4, 0.5) is 5.69 Å². The average molecular weight is 481 g/mol. The summed E-state index contributed by atoms with van der Waals surface area (Å²) in [6, 6.07) is 13.2. The Morgan fingerprint density at radius 3 is 2.57 bits per heavy atom. The molecule has 4 rings (SSSR count). The van der Waals surface area contributed by atoms with E-state index in [9.17, 15) is 9.59 Å². The Balaban J connectivity index is 1.39. The van der Waals surface area contributed by atoms with Crippen LogP contribution in [0.5, 0.6) is 11.5 Å². The number of nitrogens with zero attached hydrogens (tertiary/aromatic N) is 3. The highest BCUT2D eigenvalue weighted by Gasteiger charge is 2.22. The molecule has 0 spiro atoms. The molecule has 1 N–H and O–H groups in total. The zero-order valence-electron chi connectivity index (χ0n) is 20.3. The van der Waals surface area contributed by atoms with E-state index in [1.807, 2.05) is 49.4 Å².